The number of hydrogen-bond acceptors (Lipinski definition) is 4. The Morgan fingerprint density at radius 3 is 2.23 bits per heavy atom. The number of carbonyl (C=O) groups is 1. The topological polar surface area (TPSA) is 60.9 Å². The molecule has 3 rings (SSSR count). The van der Waals surface area contributed by atoms with Gasteiger partial charge in [-0.05, 0) is 37.6 Å². The Morgan fingerprint density at radius 2 is 1.58 bits per heavy atom. The molecule has 0 aliphatic carbocycles. The zero-order valence-electron chi connectivity index (χ0n) is 15.1. The Morgan fingerprint density at radius 1 is 0.923 bits per heavy atom. The predicted octanol–water partition coefficient (Wildman–Crippen LogP) is 1.62. The van der Waals surface area contributed by atoms with E-state index in [1.165, 1.54) is 16.1 Å². The number of amides is 1. The molecule has 142 valence electrons. The molecule has 26 heavy (non-hydrogen) atoms. The zero-order chi connectivity index (χ0) is 18.4. The summed E-state index contributed by atoms with van der Waals surface area (Å²) in [7, 11) is -3.45. The van der Waals surface area contributed by atoms with Gasteiger partial charge in [0.25, 0.3) is 0 Å². The van der Waals surface area contributed by atoms with Crippen molar-refractivity contribution in [2.45, 2.75) is 19.3 Å². The SMILES string of the molecule is O=C(CN1CCCCC1)N1CCN(S(=O)(=O)/C=C\c2ccccc2)CC1. The molecule has 1 aromatic carbocycles. The third-order valence-corrected chi connectivity index (χ3v) is 6.56. The monoisotopic (exact) mass is 377 g/mol. The lowest BCUT2D eigenvalue weighted by Gasteiger charge is -2.35. The Kier molecular flexibility index (Phi) is 6.45. The molecular weight excluding hydrogens is 350 g/mol. The van der Waals surface area contributed by atoms with Crippen molar-refractivity contribution < 1.29 is 13.2 Å². The van der Waals surface area contributed by atoms with Gasteiger partial charge in [0.15, 0.2) is 0 Å². The maximum absolute atomic E-state index is 12.5. The first-order valence-corrected chi connectivity index (χ1v) is 10.8. The largest absolute Gasteiger partial charge is 0.339 e. The summed E-state index contributed by atoms with van der Waals surface area (Å²) in [4.78, 5) is 16.4. The molecule has 2 fully saturated rings. The number of piperazine rings is 1. The van der Waals surface area contributed by atoms with Crippen molar-refractivity contribution in [3.63, 3.8) is 0 Å². The van der Waals surface area contributed by atoms with Crippen LogP contribution in [0.5, 0.6) is 0 Å². The van der Waals surface area contributed by atoms with Crippen LogP contribution in [-0.2, 0) is 14.8 Å². The second-order valence-electron chi connectivity index (χ2n) is 6.88. The lowest BCUT2D eigenvalue weighted by atomic mass is 10.1. The van der Waals surface area contributed by atoms with Crippen molar-refractivity contribution >= 4 is 22.0 Å². The number of benzene rings is 1. The highest BCUT2D eigenvalue weighted by Gasteiger charge is 2.28. The van der Waals surface area contributed by atoms with E-state index in [2.05, 4.69) is 4.90 Å². The molecule has 2 aliphatic heterocycles. The first-order valence-electron chi connectivity index (χ1n) is 9.28. The summed E-state index contributed by atoms with van der Waals surface area (Å²) in [6.07, 6.45) is 5.18. The van der Waals surface area contributed by atoms with Crippen molar-refractivity contribution in [3.8, 4) is 0 Å². The molecular formula is C19H27N3O3S. The minimum atomic E-state index is -3.45. The molecule has 0 radical (unpaired) electrons. The minimum Gasteiger partial charge on any atom is -0.339 e. The molecule has 0 saturated carbocycles. The summed E-state index contributed by atoms with van der Waals surface area (Å²) < 4.78 is 26.4. The van der Waals surface area contributed by atoms with Crippen LogP contribution < -0.4 is 0 Å². The van der Waals surface area contributed by atoms with Crippen LogP contribution in [0.15, 0.2) is 35.7 Å². The first-order chi connectivity index (χ1) is 12.5. The molecule has 2 saturated heterocycles. The number of nitrogens with zero attached hydrogens (tertiary/aromatic N) is 3. The molecule has 1 amide bonds. The van der Waals surface area contributed by atoms with E-state index in [4.69, 9.17) is 0 Å². The number of likely N-dealkylation sites (tertiary alicyclic amines) is 1. The van der Waals surface area contributed by atoms with Gasteiger partial charge in [0.2, 0.25) is 15.9 Å². The van der Waals surface area contributed by atoms with Gasteiger partial charge < -0.3 is 4.90 Å². The van der Waals surface area contributed by atoms with Crippen LogP contribution in [0.25, 0.3) is 6.08 Å². The van der Waals surface area contributed by atoms with E-state index in [9.17, 15) is 13.2 Å². The van der Waals surface area contributed by atoms with Gasteiger partial charge in [0.05, 0.1) is 6.54 Å². The number of carbonyl (C=O) groups excluding carboxylic acids is 1. The molecule has 0 unspecified atom stereocenters. The van der Waals surface area contributed by atoms with Gasteiger partial charge in [-0.25, -0.2) is 8.42 Å². The molecule has 0 atom stereocenters. The molecule has 2 aliphatic rings. The normalized spacial score (nSPS) is 20.5. The van der Waals surface area contributed by atoms with Crippen molar-refractivity contribution in [1.82, 2.24) is 14.1 Å². The van der Waals surface area contributed by atoms with E-state index in [0.29, 0.717) is 32.7 Å². The quantitative estimate of drug-likeness (QED) is 0.782. The Hall–Kier alpha value is -1.70. The summed E-state index contributed by atoms with van der Waals surface area (Å²) >= 11 is 0. The summed E-state index contributed by atoms with van der Waals surface area (Å²) in [6.45, 7) is 4.08. The molecule has 0 N–H and O–H groups in total. The van der Waals surface area contributed by atoms with Gasteiger partial charge in [-0.15, -0.1) is 0 Å². The zero-order valence-corrected chi connectivity index (χ0v) is 15.9. The van der Waals surface area contributed by atoms with Gasteiger partial charge in [0, 0.05) is 31.6 Å². The van der Waals surface area contributed by atoms with Crippen LogP contribution in [0.3, 0.4) is 0 Å². The van der Waals surface area contributed by atoms with Gasteiger partial charge in [-0.2, -0.15) is 4.31 Å². The van der Waals surface area contributed by atoms with Crippen molar-refractivity contribution in [2.75, 3.05) is 45.8 Å². The number of sulfonamides is 1. The van der Waals surface area contributed by atoms with Gasteiger partial charge in [-0.1, -0.05) is 36.8 Å². The van der Waals surface area contributed by atoms with Crippen molar-refractivity contribution in [1.29, 1.82) is 0 Å². The summed E-state index contributed by atoms with van der Waals surface area (Å²) in [5.41, 5.74) is 0.853. The lowest BCUT2D eigenvalue weighted by molar-refractivity contribution is -0.133. The van der Waals surface area contributed by atoms with E-state index in [0.717, 1.165) is 31.5 Å². The highest BCUT2D eigenvalue weighted by Crippen LogP contribution is 2.13. The summed E-state index contributed by atoms with van der Waals surface area (Å²) in [5.74, 6) is 0.115. The molecule has 0 bridgehead atoms. The standard InChI is InChI=1S/C19H27N3O3S/c23-19(17-20-10-5-2-6-11-20)21-12-14-22(15-13-21)26(24,25)16-9-18-7-3-1-4-8-18/h1,3-4,7-9,16H,2,5-6,10-15,17H2/b16-9-. The predicted molar refractivity (Wildman–Crippen MR) is 103 cm³/mol. The van der Waals surface area contributed by atoms with E-state index in [1.54, 1.807) is 11.0 Å². The highest BCUT2D eigenvalue weighted by atomic mass is 32.2. The van der Waals surface area contributed by atoms with Gasteiger partial charge in [-0.3, -0.25) is 9.69 Å². The molecule has 7 heteroatoms. The van der Waals surface area contributed by atoms with Crippen LogP contribution >= 0.6 is 0 Å². The van der Waals surface area contributed by atoms with Gasteiger partial charge >= 0.3 is 0 Å². The van der Waals surface area contributed by atoms with Crippen LogP contribution in [0.2, 0.25) is 0 Å². The molecule has 0 spiro atoms. The Labute approximate surface area is 156 Å². The fourth-order valence-corrected chi connectivity index (χ4v) is 4.59. The fraction of sp³-hybridized carbons (Fsp3) is 0.526. The Bertz CT molecular complexity index is 720. The summed E-state index contributed by atoms with van der Waals surface area (Å²) in [6, 6.07) is 9.37. The lowest BCUT2D eigenvalue weighted by Crippen LogP contribution is -2.52. The van der Waals surface area contributed by atoms with Crippen LogP contribution in [0.1, 0.15) is 24.8 Å². The second kappa shape index (κ2) is 8.79. The number of hydrogen-bond donors (Lipinski definition) is 0. The minimum absolute atomic E-state index is 0.115. The van der Waals surface area contributed by atoms with E-state index >= 15 is 0 Å². The molecule has 1 aromatic rings. The maximum atomic E-state index is 12.5. The van der Waals surface area contributed by atoms with Gasteiger partial charge in [0.1, 0.15) is 0 Å². The number of piperidine rings is 1. The summed E-state index contributed by atoms with van der Waals surface area (Å²) in [5, 5.41) is 1.26. The molecule has 0 aromatic heterocycles. The van der Waals surface area contributed by atoms with Crippen LogP contribution in [0, 0.1) is 0 Å². The molecule has 6 nitrogen and oxygen atoms in total. The van der Waals surface area contributed by atoms with Crippen LogP contribution in [0.4, 0.5) is 0 Å². The van der Waals surface area contributed by atoms with Crippen molar-refractivity contribution in [2.24, 2.45) is 0 Å². The second-order valence-corrected chi connectivity index (χ2v) is 8.69. The third-order valence-electron chi connectivity index (χ3n) is 4.99. The smallest absolute Gasteiger partial charge is 0.236 e. The van der Waals surface area contributed by atoms with E-state index in [-0.39, 0.29) is 5.91 Å². The average Bonchev–Trinajstić information content (AvgIpc) is 2.68. The fourth-order valence-electron chi connectivity index (χ4n) is 3.42. The average molecular weight is 378 g/mol. The third kappa shape index (κ3) is 5.16. The first kappa shape index (κ1) is 19.1. The molecule has 2 heterocycles. The van der Waals surface area contributed by atoms with E-state index in [1.807, 2.05) is 30.3 Å². The maximum Gasteiger partial charge on any atom is 0.236 e. The van der Waals surface area contributed by atoms with E-state index < -0.39 is 10.0 Å². The highest BCUT2D eigenvalue weighted by molar-refractivity contribution is 7.92. The van der Waals surface area contributed by atoms with Crippen LogP contribution in [-0.4, -0.2) is 74.2 Å². The Balaban J connectivity index is 1.50. The number of rotatable bonds is 5. The van der Waals surface area contributed by atoms with Crippen molar-refractivity contribution in [3.05, 3.63) is 41.3 Å².